The average Bonchev–Trinajstić information content (AvgIpc) is 2.47. The topological polar surface area (TPSA) is 37.3 Å². The van der Waals surface area contributed by atoms with Crippen molar-refractivity contribution in [2.45, 2.75) is 32.6 Å². The second-order valence-corrected chi connectivity index (χ2v) is 5.60. The minimum absolute atomic E-state index is 0.480. The summed E-state index contributed by atoms with van der Waals surface area (Å²) in [5.41, 5.74) is 0.961. The number of hydrogen-bond donors (Lipinski definition) is 1. The third kappa shape index (κ3) is 3.10. The maximum atomic E-state index is 10.9. The molecule has 2 nitrogen and oxygen atoms in total. The Bertz CT molecular complexity index is 320. The molecule has 1 rings (SSSR count). The summed E-state index contributed by atoms with van der Waals surface area (Å²) >= 11 is 4.61. The molecule has 0 radical (unpaired) electrons. The quantitative estimate of drug-likeness (QED) is 0.828. The van der Waals surface area contributed by atoms with Gasteiger partial charge in [-0.3, -0.25) is 0 Å². The number of carbonyl (C=O) groups is 1. The molecule has 1 aromatic rings. The molecular formula is C10H13BrO2S. The SMILES string of the molecule is CCCCCc1cc(Br)sc1C(=O)O. The number of carboxylic acids is 1. The second-order valence-electron chi connectivity index (χ2n) is 3.17. The molecule has 0 aliphatic rings. The summed E-state index contributed by atoms with van der Waals surface area (Å²) in [5.74, 6) is -0.813. The lowest BCUT2D eigenvalue weighted by Crippen LogP contribution is -1.97. The van der Waals surface area contributed by atoms with Gasteiger partial charge in [-0.2, -0.15) is 0 Å². The van der Waals surface area contributed by atoms with Crippen LogP contribution >= 0.6 is 27.3 Å². The normalized spacial score (nSPS) is 10.4. The molecule has 1 heterocycles. The summed E-state index contributed by atoms with van der Waals surface area (Å²) in [6.07, 6.45) is 4.26. The lowest BCUT2D eigenvalue weighted by molar-refractivity contribution is 0.0701. The molecule has 0 aliphatic carbocycles. The van der Waals surface area contributed by atoms with Crippen LogP contribution in [0.2, 0.25) is 0 Å². The van der Waals surface area contributed by atoms with Crippen LogP contribution in [0, 0.1) is 0 Å². The largest absolute Gasteiger partial charge is 0.477 e. The van der Waals surface area contributed by atoms with E-state index in [1.54, 1.807) is 0 Å². The van der Waals surface area contributed by atoms with Crippen molar-refractivity contribution in [3.05, 3.63) is 20.3 Å². The number of hydrogen-bond acceptors (Lipinski definition) is 2. The summed E-state index contributed by atoms with van der Waals surface area (Å²) < 4.78 is 0.904. The van der Waals surface area contributed by atoms with Crippen molar-refractivity contribution >= 4 is 33.2 Å². The summed E-state index contributed by atoms with van der Waals surface area (Å²) in [6, 6.07) is 1.92. The molecule has 4 heteroatoms. The average molecular weight is 277 g/mol. The van der Waals surface area contributed by atoms with Gasteiger partial charge in [0.25, 0.3) is 0 Å². The van der Waals surface area contributed by atoms with Crippen LogP contribution in [0.4, 0.5) is 0 Å². The fourth-order valence-corrected chi connectivity index (χ4v) is 2.86. The van der Waals surface area contributed by atoms with Crippen molar-refractivity contribution < 1.29 is 9.90 Å². The molecule has 0 saturated carbocycles. The predicted molar refractivity (Wildman–Crippen MR) is 62.2 cm³/mol. The van der Waals surface area contributed by atoms with Gasteiger partial charge in [0.1, 0.15) is 4.88 Å². The van der Waals surface area contributed by atoms with Gasteiger partial charge in [0.15, 0.2) is 0 Å². The number of thiophene rings is 1. The molecule has 0 bridgehead atoms. The Morgan fingerprint density at radius 2 is 2.29 bits per heavy atom. The minimum Gasteiger partial charge on any atom is -0.477 e. The molecule has 0 aromatic carbocycles. The molecule has 0 atom stereocenters. The Kier molecular flexibility index (Phi) is 4.62. The van der Waals surface area contributed by atoms with Crippen molar-refractivity contribution in [2.75, 3.05) is 0 Å². The highest BCUT2D eigenvalue weighted by Crippen LogP contribution is 2.28. The Morgan fingerprint density at radius 1 is 1.57 bits per heavy atom. The van der Waals surface area contributed by atoms with E-state index < -0.39 is 5.97 Å². The first-order valence-electron chi connectivity index (χ1n) is 4.66. The third-order valence-corrected chi connectivity index (χ3v) is 3.69. The highest BCUT2D eigenvalue weighted by atomic mass is 79.9. The van der Waals surface area contributed by atoms with Crippen LogP contribution in [0.25, 0.3) is 0 Å². The Balaban J connectivity index is 2.69. The Labute approximate surface area is 96.1 Å². The molecule has 0 unspecified atom stereocenters. The zero-order valence-electron chi connectivity index (χ0n) is 8.05. The van der Waals surface area contributed by atoms with Crippen LogP contribution in [-0.2, 0) is 6.42 Å². The minimum atomic E-state index is -0.813. The lowest BCUT2D eigenvalue weighted by atomic mass is 10.1. The zero-order valence-corrected chi connectivity index (χ0v) is 10.4. The monoisotopic (exact) mass is 276 g/mol. The van der Waals surface area contributed by atoms with E-state index in [9.17, 15) is 4.79 Å². The van der Waals surface area contributed by atoms with Gasteiger partial charge in [0.05, 0.1) is 3.79 Å². The molecule has 0 saturated heterocycles. The van der Waals surface area contributed by atoms with Crippen LogP contribution in [0.15, 0.2) is 9.85 Å². The molecule has 0 amide bonds. The smallest absolute Gasteiger partial charge is 0.346 e. The van der Waals surface area contributed by atoms with E-state index in [0.717, 1.165) is 35.0 Å². The molecule has 14 heavy (non-hydrogen) atoms. The molecule has 0 fully saturated rings. The summed E-state index contributed by atoms with van der Waals surface area (Å²) in [6.45, 7) is 2.14. The number of rotatable bonds is 5. The van der Waals surface area contributed by atoms with Crippen molar-refractivity contribution in [3.8, 4) is 0 Å². The predicted octanol–water partition coefficient (Wildman–Crippen LogP) is 3.94. The van der Waals surface area contributed by atoms with Crippen molar-refractivity contribution in [2.24, 2.45) is 0 Å². The van der Waals surface area contributed by atoms with E-state index in [0.29, 0.717) is 4.88 Å². The standard InChI is InChI=1S/C10H13BrO2S/c1-2-3-4-5-7-6-8(11)14-9(7)10(12)13/h6H,2-5H2,1H3,(H,12,13). The van der Waals surface area contributed by atoms with Gasteiger partial charge in [-0.15, -0.1) is 11.3 Å². The van der Waals surface area contributed by atoms with Gasteiger partial charge < -0.3 is 5.11 Å². The summed E-state index contributed by atoms with van der Waals surface area (Å²) in [7, 11) is 0. The Morgan fingerprint density at radius 3 is 2.86 bits per heavy atom. The van der Waals surface area contributed by atoms with Crippen LogP contribution in [0.1, 0.15) is 41.4 Å². The first-order chi connectivity index (χ1) is 6.65. The van der Waals surface area contributed by atoms with Gasteiger partial charge >= 0.3 is 5.97 Å². The number of unbranched alkanes of at least 4 members (excludes halogenated alkanes) is 2. The zero-order chi connectivity index (χ0) is 10.6. The maximum absolute atomic E-state index is 10.9. The highest BCUT2D eigenvalue weighted by molar-refractivity contribution is 9.11. The molecular weight excluding hydrogens is 264 g/mol. The molecule has 78 valence electrons. The van der Waals surface area contributed by atoms with E-state index in [4.69, 9.17) is 5.11 Å². The van der Waals surface area contributed by atoms with Crippen molar-refractivity contribution in [3.63, 3.8) is 0 Å². The van der Waals surface area contributed by atoms with E-state index in [-0.39, 0.29) is 0 Å². The maximum Gasteiger partial charge on any atom is 0.346 e. The molecule has 1 N–H and O–H groups in total. The number of halogens is 1. The second kappa shape index (κ2) is 5.51. The number of aryl methyl sites for hydroxylation is 1. The molecule has 1 aromatic heterocycles. The van der Waals surface area contributed by atoms with Gasteiger partial charge in [0.2, 0.25) is 0 Å². The fraction of sp³-hybridized carbons (Fsp3) is 0.500. The van der Waals surface area contributed by atoms with Gasteiger partial charge in [-0.25, -0.2) is 4.79 Å². The Hall–Kier alpha value is -0.350. The van der Waals surface area contributed by atoms with Gasteiger partial charge in [-0.1, -0.05) is 19.8 Å². The number of aromatic carboxylic acids is 1. The van der Waals surface area contributed by atoms with E-state index in [1.165, 1.54) is 11.3 Å². The number of carboxylic acid groups (broad SMARTS) is 1. The van der Waals surface area contributed by atoms with Crippen LogP contribution in [0.3, 0.4) is 0 Å². The highest BCUT2D eigenvalue weighted by Gasteiger charge is 2.13. The summed E-state index contributed by atoms with van der Waals surface area (Å²) in [5, 5.41) is 8.93. The summed E-state index contributed by atoms with van der Waals surface area (Å²) in [4.78, 5) is 11.3. The van der Waals surface area contributed by atoms with Crippen LogP contribution < -0.4 is 0 Å². The van der Waals surface area contributed by atoms with Gasteiger partial charge in [-0.05, 0) is 40.4 Å². The van der Waals surface area contributed by atoms with E-state index in [2.05, 4.69) is 22.9 Å². The fourth-order valence-electron chi connectivity index (χ4n) is 1.33. The van der Waals surface area contributed by atoms with Crippen molar-refractivity contribution in [1.29, 1.82) is 0 Å². The first kappa shape index (κ1) is 11.7. The van der Waals surface area contributed by atoms with Crippen LogP contribution in [0.5, 0.6) is 0 Å². The van der Waals surface area contributed by atoms with Crippen molar-refractivity contribution in [1.82, 2.24) is 0 Å². The van der Waals surface area contributed by atoms with Gasteiger partial charge in [0, 0.05) is 0 Å². The lowest BCUT2D eigenvalue weighted by Gasteiger charge is -1.98. The van der Waals surface area contributed by atoms with E-state index in [1.807, 2.05) is 6.07 Å². The van der Waals surface area contributed by atoms with Crippen LogP contribution in [-0.4, -0.2) is 11.1 Å². The molecule has 0 aliphatic heterocycles. The van der Waals surface area contributed by atoms with E-state index >= 15 is 0 Å². The third-order valence-electron chi connectivity index (χ3n) is 2.02. The molecule has 0 spiro atoms. The first-order valence-corrected chi connectivity index (χ1v) is 6.27.